The van der Waals surface area contributed by atoms with Crippen molar-refractivity contribution >= 4 is 22.7 Å². The maximum absolute atomic E-state index is 11.4. The van der Waals surface area contributed by atoms with Crippen molar-refractivity contribution in [3.05, 3.63) is 35.4 Å². The highest BCUT2D eigenvalue weighted by Gasteiger charge is 2.13. The molecule has 154 valence electrons. The molecule has 0 spiro atoms. The molecular weight excluding hydrogens is 356 g/mol. The van der Waals surface area contributed by atoms with Gasteiger partial charge in [0.05, 0.1) is 18.5 Å². The van der Waals surface area contributed by atoms with E-state index in [-0.39, 0.29) is 12.0 Å². The van der Waals surface area contributed by atoms with Crippen LogP contribution in [0.15, 0.2) is 24.3 Å². The summed E-state index contributed by atoms with van der Waals surface area (Å²) in [5.41, 5.74) is 8.31. The fraction of sp³-hybridized carbons (Fsp3) is 0.524. The molecule has 2 atom stereocenters. The number of aliphatic hydroxyl groups excluding tert-OH is 1. The summed E-state index contributed by atoms with van der Waals surface area (Å²) in [6.07, 6.45) is 1.07. The van der Waals surface area contributed by atoms with Crippen LogP contribution in [0.1, 0.15) is 50.5 Å². The van der Waals surface area contributed by atoms with E-state index in [1.165, 1.54) is 0 Å². The number of benzene rings is 1. The maximum atomic E-state index is 11.4. The van der Waals surface area contributed by atoms with E-state index in [2.05, 4.69) is 22.5 Å². The predicted molar refractivity (Wildman–Crippen MR) is 112 cm³/mol. The van der Waals surface area contributed by atoms with Gasteiger partial charge >= 0.3 is 5.97 Å². The fourth-order valence-electron chi connectivity index (χ4n) is 3.11. The van der Waals surface area contributed by atoms with Crippen LogP contribution in [0.2, 0.25) is 0 Å². The zero-order valence-corrected chi connectivity index (χ0v) is 17.0. The summed E-state index contributed by atoms with van der Waals surface area (Å²) in [6.45, 7) is 7.61. The number of hydrogen-bond donors (Lipinski definition) is 4. The summed E-state index contributed by atoms with van der Waals surface area (Å²) in [6, 6.07) is 8.17. The molecule has 28 heavy (non-hydrogen) atoms. The third-order valence-corrected chi connectivity index (χ3v) is 4.66. The number of fused-ring (bicyclic) bond motifs is 1. The Kier molecular flexibility index (Phi) is 8.63. The largest absolute Gasteiger partial charge is 0.466 e. The van der Waals surface area contributed by atoms with Gasteiger partial charge in [-0.05, 0) is 44.9 Å². The molecule has 0 radical (unpaired) electrons. The number of hydrogen-bond acceptors (Lipinski definition) is 7. The standard InChI is InChI=1S/C21H32N4O3/c1-4-16(23-11-9-19(26)28-5-2)8-10-24-21-17(20(22)27)13-15-12-14(3)6-7-18(15)25-21/h6-7,12-13,16,20,23,27H,4-5,8-11,22H2,1-3H3,(H,24,25). The van der Waals surface area contributed by atoms with Crippen LogP contribution in [-0.2, 0) is 9.53 Å². The highest BCUT2D eigenvalue weighted by molar-refractivity contribution is 5.82. The molecule has 5 N–H and O–H groups in total. The molecule has 0 amide bonds. The number of aryl methyl sites for hydroxylation is 1. The molecule has 1 aromatic heterocycles. The summed E-state index contributed by atoms with van der Waals surface area (Å²) in [5.74, 6) is 0.424. The van der Waals surface area contributed by atoms with Gasteiger partial charge in [-0.3, -0.25) is 4.79 Å². The predicted octanol–water partition coefficient (Wildman–Crippen LogP) is 2.62. The van der Waals surface area contributed by atoms with Crippen molar-refractivity contribution < 1.29 is 14.6 Å². The second-order valence-electron chi connectivity index (χ2n) is 6.90. The molecule has 7 heteroatoms. The number of aromatic nitrogens is 1. The van der Waals surface area contributed by atoms with Gasteiger partial charge in [-0.2, -0.15) is 0 Å². The van der Waals surface area contributed by atoms with Crippen LogP contribution in [-0.4, -0.2) is 41.8 Å². The van der Waals surface area contributed by atoms with Gasteiger partial charge in [0, 0.05) is 30.1 Å². The van der Waals surface area contributed by atoms with E-state index in [4.69, 9.17) is 10.5 Å². The molecule has 0 saturated heterocycles. The van der Waals surface area contributed by atoms with Gasteiger partial charge in [-0.15, -0.1) is 0 Å². The number of pyridine rings is 1. The van der Waals surface area contributed by atoms with Crippen LogP contribution in [0.25, 0.3) is 10.9 Å². The molecule has 0 fully saturated rings. The first-order valence-electron chi connectivity index (χ1n) is 9.92. The number of carbonyl (C=O) groups excluding carboxylic acids is 1. The van der Waals surface area contributed by atoms with E-state index >= 15 is 0 Å². The molecular formula is C21H32N4O3. The number of nitrogens with zero attached hydrogens (tertiary/aromatic N) is 1. The first kappa shape index (κ1) is 22.1. The third kappa shape index (κ3) is 6.44. The topological polar surface area (TPSA) is 110 Å². The Balaban J connectivity index is 1.95. The van der Waals surface area contributed by atoms with Gasteiger partial charge in [-0.25, -0.2) is 4.98 Å². The Morgan fingerprint density at radius 3 is 2.75 bits per heavy atom. The van der Waals surface area contributed by atoms with Crippen molar-refractivity contribution in [2.24, 2.45) is 5.73 Å². The number of nitrogens with one attached hydrogen (secondary N) is 2. The van der Waals surface area contributed by atoms with Gasteiger partial charge in [0.2, 0.25) is 0 Å². The van der Waals surface area contributed by atoms with Gasteiger partial charge in [0.25, 0.3) is 0 Å². The number of ether oxygens (including phenoxy) is 1. The monoisotopic (exact) mass is 388 g/mol. The lowest BCUT2D eigenvalue weighted by Crippen LogP contribution is -2.32. The third-order valence-electron chi connectivity index (χ3n) is 4.66. The number of rotatable bonds is 11. The summed E-state index contributed by atoms with van der Waals surface area (Å²) in [7, 11) is 0. The Hall–Kier alpha value is -2.22. The molecule has 2 aromatic rings. The molecule has 7 nitrogen and oxygen atoms in total. The SMILES string of the molecule is CCOC(=O)CCNC(CC)CCNc1nc2ccc(C)cc2cc1C(N)O. The molecule has 1 heterocycles. The first-order valence-corrected chi connectivity index (χ1v) is 9.92. The molecule has 0 aliphatic rings. The van der Waals surface area contributed by atoms with E-state index in [0.717, 1.165) is 29.3 Å². The molecule has 0 aliphatic heterocycles. The van der Waals surface area contributed by atoms with Crippen molar-refractivity contribution in [3.8, 4) is 0 Å². The summed E-state index contributed by atoms with van der Waals surface area (Å²) in [5, 5.41) is 17.6. The lowest BCUT2D eigenvalue weighted by molar-refractivity contribution is -0.143. The van der Waals surface area contributed by atoms with Crippen molar-refractivity contribution in [2.75, 3.05) is 25.0 Å². The average molecular weight is 389 g/mol. The average Bonchev–Trinajstić information content (AvgIpc) is 2.66. The lowest BCUT2D eigenvalue weighted by Gasteiger charge is -2.19. The van der Waals surface area contributed by atoms with Gasteiger partial charge < -0.3 is 26.2 Å². The first-order chi connectivity index (χ1) is 13.4. The van der Waals surface area contributed by atoms with Crippen molar-refractivity contribution in [1.29, 1.82) is 0 Å². The van der Waals surface area contributed by atoms with Gasteiger partial charge in [0.15, 0.2) is 0 Å². The van der Waals surface area contributed by atoms with Crippen molar-refractivity contribution in [1.82, 2.24) is 10.3 Å². The van der Waals surface area contributed by atoms with Crippen LogP contribution in [0, 0.1) is 6.92 Å². The van der Waals surface area contributed by atoms with E-state index in [1.807, 2.05) is 31.2 Å². The smallest absolute Gasteiger partial charge is 0.307 e. The van der Waals surface area contributed by atoms with Crippen molar-refractivity contribution in [3.63, 3.8) is 0 Å². The fourth-order valence-corrected chi connectivity index (χ4v) is 3.11. The molecule has 2 rings (SSSR count). The van der Waals surface area contributed by atoms with E-state index in [1.54, 1.807) is 6.92 Å². The zero-order valence-electron chi connectivity index (χ0n) is 17.0. The highest BCUT2D eigenvalue weighted by Crippen LogP contribution is 2.24. The van der Waals surface area contributed by atoms with Crippen LogP contribution in [0.5, 0.6) is 0 Å². The molecule has 0 aliphatic carbocycles. The van der Waals surface area contributed by atoms with Gasteiger partial charge in [0.1, 0.15) is 12.0 Å². The maximum Gasteiger partial charge on any atom is 0.307 e. The Morgan fingerprint density at radius 1 is 1.29 bits per heavy atom. The minimum atomic E-state index is -1.09. The molecule has 2 unspecified atom stereocenters. The minimum Gasteiger partial charge on any atom is -0.466 e. The molecule has 0 bridgehead atoms. The summed E-state index contributed by atoms with van der Waals surface area (Å²) < 4.78 is 4.94. The van der Waals surface area contributed by atoms with Crippen molar-refractivity contribution in [2.45, 2.75) is 52.3 Å². The van der Waals surface area contributed by atoms with E-state index in [9.17, 15) is 9.90 Å². The number of anilines is 1. The Morgan fingerprint density at radius 2 is 2.07 bits per heavy atom. The summed E-state index contributed by atoms with van der Waals surface area (Å²) >= 11 is 0. The van der Waals surface area contributed by atoms with Crippen LogP contribution in [0.3, 0.4) is 0 Å². The quantitative estimate of drug-likeness (QED) is 0.346. The lowest BCUT2D eigenvalue weighted by atomic mass is 10.1. The number of esters is 1. The Bertz CT molecular complexity index is 780. The zero-order chi connectivity index (χ0) is 20.5. The normalized spacial score (nSPS) is 13.3. The summed E-state index contributed by atoms with van der Waals surface area (Å²) in [4.78, 5) is 16.1. The van der Waals surface area contributed by atoms with Crippen LogP contribution in [0.4, 0.5) is 5.82 Å². The minimum absolute atomic E-state index is 0.180. The van der Waals surface area contributed by atoms with Gasteiger partial charge in [-0.1, -0.05) is 18.6 Å². The number of nitrogens with two attached hydrogens (primary N) is 1. The second kappa shape index (κ2) is 10.9. The molecule has 0 saturated carbocycles. The van der Waals surface area contributed by atoms with Crippen LogP contribution < -0.4 is 16.4 Å². The number of aliphatic hydroxyl groups is 1. The highest BCUT2D eigenvalue weighted by atomic mass is 16.5. The molecule has 1 aromatic carbocycles. The second-order valence-corrected chi connectivity index (χ2v) is 6.90. The van der Waals surface area contributed by atoms with Crippen LogP contribution >= 0.6 is 0 Å². The number of carbonyl (C=O) groups is 1. The van der Waals surface area contributed by atoms with E-state index < -0.39 is 6.23 Å². The van der Waals surface area contributed by atoms with E-state index in [0.29, 0.717) is 37.5 Å². The Labute approximate surface area is 166 Å².